The van der Waals surface area contributed by atoms with Crippen LogP contribution in [0.5, 0.6) is 5.75 Å². The summed E-state index contributed by atoms with van der Waals surface area (Å²) in [5.74, 6) is 0.229. The highest BCUT2D eigenvalue weighted by Gasteiger charge is 2.09. The Kier molecular flexibility index (Phi) is 2.76. The molecule has 0 atom stereocenters. The lowest BCUT2D eigenvalue weighted by atomic mass is 10.2. The lowest BCUT2D eigenvalue weighted by Gasteiger charge is -2.05. The zero-order valence-corrected chi connectivity index (χ0v) is 10.5. The second-order valence-corrected chi connectivity index (χ2v) is 4.36. The molecule has 0 radical (unpaired) electrons. The molecule has 0 aliphatic carbocycles. The van der Waals surface area contributed by atoms with E-state index in [1.807, 2.05) is 61.7 Å². The van der Waals surface area contributed by atoms with Gasteiger partial charge in [0, 0.05) is 5.56 Å². The van der Waals surface area contributed by atoms with E-state index in [-0.39, 0.29) is 5.75 Å². The highest BCUT2D eigenvalue weighted by atomic mass is 16.3. The number of phenolic OH excluding ortho intramolecular Hbond substituents is 1. The predicted molar refractivity (Wildman–Crippen MR) is 73.2 cm³/mol. The van der Waals surface area contributed by atoms with Crippen molar-refractivity contribution in [2.45, 2.75) is 6.92 Å². The Bertz CT molecular complexity index is 704. The molecule has 94 valence electrons. The molecule has 0 saturated heterocycles. The number of phenols is 1. The maximum Gasteiger partial charge on any atom is 0.144 e. The third-order valence-electron chi connectivity index (χ3n) is 3.03. The van der Waals surface area contributed by atoms with Gasteiger partial charge >= 0.3 is 0 Å². The quantitative estimate of drug-likeness (QED) is 0.761. The third kappa shape index (κ3) is 2.08. The molecule has 0 saturated carbocycles. The summed E-state index contributed by atoms with van der Waals surface area (Å²) >= 11 is 0. The maximum absolute atomic E-state index is 10.0. The van der Waals surface area contributed by atoms with Gasteiger partial charge in [-0.15, -0.1) is 5.10 Å². The van der Waals surface area contributed by atoms with Gasteiger partial charge in [-0.3, -0.25) is 0 Å². The van der Waals surface area contributed by atoms with Crippen molar-refractivity contribution in [3.8, 4) is 22.7 Å². The van der Waals surface area contributed by atoms with Crippen LogP contribution < -0.4 is 0 Å². The zero-order chi connectivity index (χ0) is 13.2. The first kappa shape index (κ1) is 11.5. The Hall–Kier alpha value is -2.62. The van der Waals surface area contributed by atoms with E-state index >= 15 is 0 Å². The summed E-state index contributed by atoms with van der Waals surface area (Å²) in [4.78, 5) is 0. The van der Waals surface area contributed by atoms with Crippen molar-refractivity contribution in [1.82, 2.24) is 15.0 Å². The Balaban J connectivity index is 2.05. The molecule has 0 amide bonds. The van der Waals surface area contributed by atoms with E-state index in [4.69, 9.17) is 0 Å². The zero-order valence-electron chi connectivity index (χ0n) is 10.5. The van der Waals surface area contributed by atoms with E-state index < -0.39 is 0 Å². The Morgan fingerprint density at radius 3 is 2.58 bits per heavy atom. The lowest BCUT2D eigenvalue weighted by molar-refractivity contribution is 0.465. The SMILES string of the molecule is Cc1cccc(-n2cc(-c3ccccc3)nn2)c1O. The van der Waals surface area contributed by atoms with Gasteiger partial charge in [-0.25, -0.2) is 4.68 Å². The van der Waals surface area contributed by atoms with E-state index in [0.717, 1.165) is 16.8 Å². The molecule has 0 fully saturated rings. The summed E-state index contributed by atoms with van der Waals surface area (Å²) in [5.41, 5.74) is 3.23. The topological polar surface area (TPSA) is 50.9 Å². The van der Waals surface area contributed by atoms with Crippen LogP contribution in [0.25, 0.3) is 16.9 Å². The molecule has 3 aromatic rings. The highest BCUT2D eigenvalue weighted by molar-refractivity contribution is 5.59. The van der Waals surface area contributed by atoms with Crippen molar-refractivity contribution in [2.24, 2.45) is 0 Å². The van der Waals surface area contributed by atoms with Gasteiger partial charge in [0.25, 0.3) is 0 Å². The Labute approximate surface area is 111 Å². The fourth-order valence-electron chi connectivity index (χ4n) is 1.95. The van der Waals surface area contributed by atoms with Gasteiger partial charge in [-0.1, -0.05) is 47.7 Å². The molecule has 0 unspecified atom stereocenters. The average molecular weight is 251 g/mol. The molecule has 2 aromatic carbocycles. The van der Waals surface area contributed by atoms with Crippen LogP contribution in [-0.2, 0) is 0 Å². The number of hydrogen-bond acceptors (Lipinski definition) is 3. The number of benzene rings is 2. The van der Waals surface area contributed by atoms with Crippen LogP contribution in [0.15, 0.2) is 54.7 Å². The minimum atomic E-state index is 0.229. The van der Waals surface area contributed by atoms with Gasteiger partial charge in [-0.05, 0) is 18.6 Å². The monoisotopic (exact) mass is 251 g/mol. The summed E-state index contributed by atoms with van der Waals surface area (Å²) in [6, 6.07) is 15.4. The molecule has 1 heterocycles. The molecule has 19 heavy (non-hydrogen) atoms. The second kappa shape index (κ2) is 4.57. The van der Waals surface area contributed by atoms with Crippen LogP contribution in [0.2, 0.25) is 0 Å². The van der Waals surface area contributed by atoms with Crippen LogP contribution in [0.4, 0.5) is 0 Å². The Morgan fingerprint density at radius 2 is 1.79 bits per heavy atom. The van der Waals surface area contributed by atoms with E-state index in [0.29, 0.717) is 5.69 Å². The largest absolute Gasteiger partial charge is 0.505 e. The maximum atomic E-state index is 10.0. The molecular formula is C15H13N3O. The summed E-state index contributed by atoms with van der Waals surface area (Å²) < 4.78 is 1.59. The number of para-hydroxylation sites is 1. The van der Waals surface area contributed by atoms with Crippen LogP contribution in [-0.4, -0.2) is 20.1 Å². The smallest absolute Gasteiger partial charge is 0.144 e. The first-order chi connectivity index (χ1) is 9.25. The van der Waals surface area contributed by atoms with E-state index in [9.17, 15) is 5.11 Å². The number of rotatable bonds is 2. The summed E-state index contributed by atoms with van der Waals surface area (Å²) in [5, 5.41) is 18.2. The Morgan fingerprint density at radius 1 is 1.00 bits per heavy atom. The van der Waals surface area contributed by atoms with Crippen LogP contribution in [0.3, 0.4) is 0 Å². The number of nitrogens with zero attached hydrogens (tertiary/aromatic N) is 3. The average Bonchev–Trinajstić information content (AvgIpc) is 2.92. The molecule has 1 aromatic heterocycles. The van der Waals surface area contributed by atoms with Crippen molar-refractivity contribution < 1.29 is 5.11 Å². The molecular weight excluding hydrogens is 238 g/mol. The standard InChI is InChI=1S/C15H13N3O/c1-11-6-5-9-14(15(11)19)18-10-13(16-17-18)12-7-3-2-4-8-12/h2-10,19H,1H3. The predicted octanol–water partition coefficient (Wildman–Crippen LogP) is 2.95. The molecule has 1 N–H and O–H groups in total. The molecule has 0 bridgehead atoms. The summed E-state index contributed by atoms with van der Waals surface area (Å²) in [6.45, 7) is 1.86. The molecule has 4 nitrogen and oxygen atoms in total. The lowest BCUT2D eigenvalue weighted by Crippen LogP contribution is -1.96. The van der Waals surface area contributed by atoms with Gasteiger partial charge in [0.2, 0.25) is 0 Å². The van der Waals surface area contributed by atoms with Gasteiger partial charge in [0.05, 0.1) is 6.20 Å². The first-order valence-corrected chi connectivity index (χ1v) is 6.02. The van der Waals surface area contributed by atoms with Crippen molar-refractivity contribution in [1.29, 1.82) is 0 Å². The van der Waals surface area contributed by atoms with E-state index in [2.05, 4.69) is 10.3 Å². The van der Waals surface area contributed by atoms with Crippen molar-refractivity contribution in [3.63, 3.8) is 0 Å². The minimum Gasteiger partial charge on any atom is -0.505 e. The van der Waals surface area contributed by atoms with Gasteiger partial charge < -0.3 is 5.11 Å². The van der Waals surface area contributed by atoms with Crippen LogP contribution in [0.1, 0.15) is 5.56 Å². The fraction of sp³-hybridized carbons (Fsp3) is 0.0667. The minimum absolute atomic E-state index is 0.229. The number of hydrogen-bond donors (Lipinski definition) is 1. The summed E-state index contributed by atoms with van der Waals surface area (Å²) in [7, 11) is 0. The molecule has 0 aliphatic heterocycles. The molecule has 4 heteroatoms. The fourth-order valence-corrected chi connectivity index (χ4v) is 1.95. The van der Waals surface area contributed by atoms with E-state index in [1.54, 1.807) is 4.68 Å². The van der Waals surface area contributed by atoms with Crippen LogP contribution in [0, 0.1) is 6.92 Å². The van der Waals surface area contributed by atoms with Crippen LogP contribution >= 0.6 is 0 Å². The number of aromatic hydroxyl groups is 1. The van der Waals surface area contributed by atoms with Gasteiger partial charge in [0.15, 0.2) is 0 Å². The number of aromatic nitrogens is 3. The normalized spacial score (nSPS) is 10.6. The van der Waals surface area contributed by atoms with E-state index in [1.165, 1.54) is 0 Å². The van der Waals surface area contributed by atoms with Crippen molar-refractivity contribution >= 4 is 0 Å². The highest BCUT2D eigenvalue weighted by Crippen LogP contribution is 2.25. The van der Waals surface area contributed by atoms with Crippen molar-refractivity contribution in [3.05, 3.63) is 60.3 Å². The molecule has 3 rings (SSSR count). The van der Waals surface area contributed by atoms with Crippen molar-refractivity contribution in [2.75, 3.05) is 0 Å². The second-order valence-electron chi connectivity index (χ2n) is 4.36. The van der Waals surface area contributed by atoms with Gasteiger partial charge in [0.1, 0.15) is 17.1 Å². The molecule has 0 aliphatic rings. The third-order valence-corrected chi connectivity index (χ3v) is 3.03. The number of aryl methyl sites for hydroxylation is 1. The summed E-state index contributed by atoms with van der Waals surface area (Å²) in [6.07, 6.45) is 1.81. The van der Waals surface area contributed by atoms with Gasteiger partial charge in [-0.2, -0.15) is 0 Å². The molecule has 0 spiro atoms. The first-order valence-electron chi connectivity index (χ1n) is 6.02.